The van der Waals surface area contributed by atoms with Gasteiger partial charge in [-0.3, -0.25) is 9.59 Å². The first-order valence-electron chi connectivity index (χ1n) is 9.08. The Kier molecular flexibility index (Phi) is 5.76. The third kappa shape index (κ3) is 3.95. The number of fused-ring (bicyclic) bond motifs is 1. The Morgan fingerprint density at radius 2 is 1.85 bits per heavy atom. The van der Waals surface area contributed by atoms with E-state index in [0.717, 1.165) is 16.8 Å². The molecule has 0 radical (unpaired) electrons. The SMILES string of the molecule is COCCNC(=O)c1ccc(NC2c3ccccc3C(=O)N2C(C)C)cc1. The molecule has 2 aromatic carbocycles. The van der Waals surface area contributed by atoms with Gasteiger partial charge in [-0.15, -0.1) is 0 Å². The van der Waals surface area contributed by atoms with Gasteiger partial charge in [-0.25, -0.2) is 0 Å². The van der Waals surface area contributed by atoms with Crippen LogP contribution >= 0.6 is 0 Å². The topological polar surface area (TPSA) is 70.7 Å². The molecule has 1 aliphatic rings. The number of ether oxygens (including phenoxy) is 1. The molecule has 2 aromatic rings. The van der Waals surface area contributed by atoms with Gasteiger partial charge in [0.2, 0.25) is 0 Å². The number of methoxy groups -OCH3 is 1. The molecule has 1 aliphatic heterocycles. The van der Waals surface area contributed by atoms with E-state index in [9.17, 15) is 9.59 Å². The Hall–Kier alpha value is -2.86. The van der Waals surface area contributed by atoms with Crippen LogP contribution in [0.1, 0.15) is 46.3 Å². The van der Waals surface area contributed by atoms with Gasteiger partial charge in [0.05, 0.1) is 6.61 Å². The number of benzene rings is 2. The van der Waals surface area contributed by atoms with Crippen molar-refractivity contribution in [3.63, 3.8) is 0 Å². The Labute approximate surface area is 159 Å². The van der Waals surface area contributed by atoms with Crippen molar-refractivity contribution in [2.45, 2.75) is 26.1 Å². The third-order valence-corrected chi connectivity index (χ3v) is 4.60. The van der Waals surface area contributed by atoms with Crippen LogP contribution in [0.5, 0.6) is 0 Å². The Bertz CT molecular complexity index is 818. The van der Waals surface area contributed by atoms with E-state index in [0.29, 0.717) is 18.7 Å². The minimum absolute atomic E-state index is 0.0345. The van der Waals surface area contributed by atoms with Crippen LogP contribution in [-0.4, -0.2) is 43.0 Å². The van der Waals surface area contributed by atoms with Crippen LogP contribution in [0.15, 0.2) is 48.5 Å². The molecule has 6 nitrogen and oxygen atoms in total. The largest absolute Gasteiger partial charge is 0.383 e. The third-order valence-electron chi connectivity index (χ3n) is 4.60. The van der Waals surface area contributed by atoms with E-state index in [1.807, 2.05) is 55.1 Å². The lowest BCUT2D eigenvalue weighted by atomic mass is 10.1. The van der Waals surface area contributed by atoms with Crippen molar-refractivity contribution in [1.82, 2.24) is 10.2 Å². The monoisotopic (exact) mass is 367 g/mol. The van der Waals surface area contributed by atoms with E-state index < -0.39 is 0 Å². The van der Waals surface area contributed by atoms with Crippen LogP contribution in [0.25, 0.3) is 0 Å². The Morgan fingerprint density at radius 3 is 2.52 bits per heavy atom. The highest BCUT2D eigenvalue weighted by molar-refractivity contribution is 5.99. The number of hydrogen-bond donors (Lipinski definition) is 2. The summed E-state index contributed by atoms with van der Waals surface area (Å²) in [5.41, 5.74) is 3.14. The lowest BCUT2D eigenvalue weighted by Crippen LogP contribution is -2.37. The smallest absolute Gasteiger partial charge is 0.256 e. The number of nitrogens with zero attached hydrogens (tertiary/aromatic N) is 1. The quantitative estimate of drug-likeness (QED) is 0.738. The number of amides is 2. The lowest BCUT2D eigenvalue weighted by molar-refractivity contribution is 0.0685. The van der Waals surface area contributed by atoms with E-state index in [1.54, 1.807) is 19.2 Å². The molecule has 1 heterocycles. The summed E-state index contributed by atoms with van der Waals surface area (Å²) in [6.45, 7) is 4.96. The molecule has 27 heavy (non-hydrogen) atoms. The summed E-state index contributed by atoms with van der Waals surface area (Å²) in [7, 11) is 1.60. The normalized spacial score (nSPS) is 15.8. The standard InChI is InChI=1S/C21H25N3O3/c1-14(2)24-19(17-6-4-5-7-18(17)21(24)26)23-16-10-8-15(9-11-16)20(25)22-12-13-27-3/h4-11,14,19,23H,12-13H2,1-3H3,(H,22,25). The number of carbonyl (C=O) groups excluding carboxylic acids is 2. The number of nitrogens with one attached hydrogen (secondary N) is 2. The highest BCUT2D eigenvalue weighted by Gasteiger charge is 2.37. The van der Waals surface area contributed by atoms with Crippen molar-refractivity contribution in [2.24, 2.45) is 0 Å². The van der Waals surface area contributed by atoms with Crippen molar-refractivity contribution in [1.29, 1.82) is 0 Å². The second-order valence-corrected chi connectivity index (χ2v) is 6.77. The molecule has 3 rings (SSSR count). The highest BCUT2D eigenvalue weighted by atomic mass is 16.5. The predicted molar refractivity (Wildman–Crippen MR) is 105 cm³/mol. The first kappa shape index (κ1) is 18.9. The molecule has 0 aromatic heterocycles. The molecule has 0 saturated carbocycles. The van der Waals surface area contributed by atoms with E-state index in [-0.39, 0.29) is 24.0 Å². The summed E-state index contributed by atoms with van der Waals surface area (Å²) in [5.74, 6) is -0.101. The summed E-state index contributed by atoms with van der Waals surface area (Å²) in [4.78, 5) is 26.7. The predicted octanol–water partition coefficient (Wildman–Crippen LogP) is 3.04. The summed E-state index contributed by atoms with van der Waals surface area (Å²) in [6, 6.07) is 15.0. The maximum atomic E-state index is 12.7. The zero-order chi connectivity index (χ0) is 19.4. The van der Waals surface area contributed by atoms with E-state index in [4.69, 9.17) is 4.74 Å². The van der Waals surface area contributed by atoms with Gasteiger partial charge in [-0.05, 0) is 44.2 Å². The molecule has 1 atom stereocenters. The van der Waals surface area contributed by atoms with Crippen molar-refractivity contribution in [3.05, 3.63) is 65.2 Å². The first-order chi connectivity index (χ1) is 13.0. The average Bonchev–Trinajstić information content (AvgIpc) is 2.95. The molecule has 1 unspecified atom stereocenters. The van der Waals surface area contributed by atoms with Gasteiger partial charge >= 0.3 is 0 Å². The number of hydrogen-bond acceptors (Lipinski definition) is 4. The van der Waals surface area contributed by atoms with Gasteiger partial charge in [-0.2, -0.15) is 0 Å². The van der Waals surface area contributed by atoms with Gasteiger partial charge in [-0.1, -0.05) is 18.2 Å². The van der Waals surface area contributed by atoms with Gasteiger partial charge in [0.25, 0.3) is 11.8 Å². The van der Waals surface area contributed by atoms with Gasteiger partial charge in [0, 0.05) is 42.1 Å². The maximum Gasteiger partial charge on any atom is 0.256 e. The fraction of sp³-hybridized carbons (Fsp3) is 0.333. The van der Waals surface area contributed by atoms with E-state index >= 15 is 0 Å². The van der Waals surface area contributed by atoms with Crippen LogP contribution in [-0.2, 0) is 4.74 Å². The van der Waals surface area contributed by atoms with Gasteiger partial charge in [0.1, 0.15) is 6.17 Å². The van der Waals surface area contributed by atoms with Crippen molar-refractivity contribution in [3.8, 4) is 0 Å². The summed E-state index contributed by atoms with van der Waals surface area (Å²) >= 11 is 0. The molecule has 142 valence electrons. The van der Waals surface area contributed by atoms with Crippen LogP contribution in [0.3, 0.4) is 0 Å². The van der Waals surface area contributed by atoms with Crippen molar-refractivity contribution < 1.29 is 14.3 Å². The molecular formula is C21H25N3O3. The molecule has 2 amide bonds. The maximum absolute atomic E-state index is 12.7. The molecule has 0 bridgehead atoms. The summed E-state index contributed by atoms with van der Waals surface area (Å²) in [6.07, 6.45) is -0.227. The first-order valence-corrected chi connectivity index (χ1v) is 9.08. The van der Waals surface area contributed by atoms with Crippen LogP contribution < -0.4 is 10.6 Å². The summed E-state index contributed by atoms with van der Waals surface area (Å²) < 4.78 is 4.93. The van der Waals surface area contributed by atoms with Crippen molar-refractivity contribution in [2.75, 3.05) is 25.6 Å². The van der Waals surface area contributed by atoms with Crippen LogP contribution in [0.2, 0.25) is 0 Å². The number of rotatable bonds is 7. The molecular weight excluding hydrogens is 342 g/mol. The fourth-order valence-corrected chi connectivity index (χ4v) is 3.26. The zero-order valence-corrected chi connectivity index (χ0v) is 15.9. The van der Waals surface area contributed by atoms with E-state index in [2.05, 4.69) is 10.6 Å². The zero-order valence-electron chi connectivity index (χ0n) is 15.9. The van der Waals surface area contributed by atoms with Crippen LogP contribution in [0, 0.1) is 0 Å². The second-order valence-electron chi connectivity index (χ2n) is 6.77. The Balaban J connectivity index is 1.76. The van der Waals surface area contributed by atoms with Crippen molar-refractivity contribution >= 4 is 17.5 Å². The second kappa shape index (κ2) is 8.22. The van der Waals surface area contributed by atoms with Gasteiger partial charge < -0.3 is 20.3 Å². The average molecular weight is 367 g/mol. The van der Waals surface area contributed by atoms with Crippen LogP contribution in [0.4, 0.5) is 5.69 Å². The molecule has 6 heteroatoms. The molecule has 0 aliphatic carbocycles. The highest BCUT2D eigenvalue weighted by Crippen LogP contribution is 2.35. The molecule has 0 spiro atoms. The molecule has 0 saturated heterocycles. The molecule has 0 fully saturated rings. The minimum Gasteiger partial charge on any atom is -0.383 e. The summed E-state index contributed by atoms with van der Waals surface area (Å²) in [5, 5.41) is 6.23. The Morgan fingerprint density at radius 1 is 1.15 bits per heavy atom. The lowest BCUT2D eigenvalue weighted by Gasteiger charge is -2.30. The minimum atomic E-state index is -0.227. The fourth-order valence-electron chi connectivity index (χ4n) is 3.26. The van der Waals surface area contributed by atoms with Gasteiger partial charge in [0.15, 0.2) is 0 Å². The van der Waals surface area contributed by atoms with E-state index in [1.165, 1.54) is 0 Å². The number of carbonyl (C=O) groups is 2. The molecule has 2 N–H and O–H groups in total. The number of anilines is 1.